The summed E-state index contributed by atoms with van der Waals surface area (Å²) in [6.07, 6.45) is 3.15. The number of methoxy groups -OCH3 is 2. The molecule has 0 aliphatic rings. The van der Waals surface area contributed by atoms with Gasteiger partial charge in [-0.05, 0) is 37.3 Å². The zero-order valence-electron chi connectivity index (χ0n) is 16.6. The van der Waals surface area contributed by atoms with Crippen molar-refractivity contribution in [2.45, 2.75) is 6.92 Å². The van der Waals surface area contributed by atoms with Gasteiger partial charge in [0.15, 0.2) is 0 Å². The number of carbonyl (C=O) groups excluding carboxylic acids is 1. The van der Waals surface area contributed by atoms with Crippen LogP contribution in [0.4, 0.5) is 17.1 Å². The van der Waals surface area contributed by atoms with Crippen LogP contribution in [0.25, 0.3) is 0 Å². The van der Waals surface area contributed by atoms with Crippen molar-refractivity contribution in [2.24, 2.45) is 0 Å². The van der Waals surface area contributed by atoms with Gasteiger partial charge < -0.3 is 24.8 Å². The molecule has 2 N–H and O–H groups in total. The summed E-state index contributed by atoms with van der Waals surface area (Å²) >= 11 is 0. The van der Waals surface area contributed by atoms with Gasteiger partial charge in [0.05, 0.1) is 49.6 Å². The van der Waals surface area contributed by atoms with E-state index in [2.05, 4.69) is 15.6 Å². The van der Waals surface area contributed by atoms with Crippen LogP contribution in [0.5, 0.6) is 17.2 Å². The first-order chi connectivity index (χ1) is 14.1. The lowest BCUT2D eigenvalue weighted by Crippen LogP contribution is -2.13. The molecule has 2 aromatic carbocycles. The third kappa shape index (κ3) is 4.95. The summed E-state index contributed by atoms with van der Waals surface area (Å²) in [5.74, 6) is 1.56. The number of carbonyl (C=O) groups is 1. The predicted molar refractivity (Wildman–Crippen MR) is 113 cm³/mol. The normalized spacial score (nSPS) is 10.2. The van der Waals surface area contributed by atoms with Crippen molar-refractivity contribution in [3.63, 3.8) is 0 Å². The Morgan fingerprint density at radius 1 is 0.966 bits per heavy atom. The SMILES string of the molecule is CCOc1ccccc1Nc1cncc(C(=O)Nc2cc(OC)ccc2OC)c1. The van der Waals surface area contributed by atoms with Gasteiger partial charge in [-0.1, -0.05) is 12.1 Å². The first kappa shape index (κ1) is 20.0. The second kappa shape index (κ2) is 9.45. The maximum atomic E-state index is 12.8. The van der Waals surface area contributed by atoms with E-state index >= 15 is 0 Å². The molecule has 1 aromatic heterocycles. The van der Waals surface area contributed by atoms with Gasteiger partial charge in [0.25, 0.3) is 5.91 Å². The number of nitrogens with one attached hydrogen (secondary N) is 2. The molecule has 3 rings (SSSR count). The van der Waals surface area contributed by atoms with E-state index in [4.69, 9.17) is 14.2 Å². The number of rotatable bonds is 8. The van der Waals surface area contributed by atoms with Crippen molar-refractivity contribution in [3.8, 4) is 17.2 Å². The number of pyridine rings is 1. The minimum Gasteiger partial charge on any atom is -0.497 e. The van der Waals surface area contributed by atoms with Crippen LogP contribution in [0.2, 0.25) is 0 Å². The molecule has 150 valence electrons. The van der Waals surface area contributed by atoms with Crippen molar-refractivity contribution in [2.75, 3.05) is 31.5 Å². The van der Waals surface area contributed by atoms with Gasteiger partial charge in [-0.15, -0.1) is 0 Å². The van der Waals surface area contributed by atoms with Crippen LogP contribution in [-0.4, -0.2) is 31.7 Å². The Morgan fingerprint density at radius 3 is 2.55 bits per heavy atom. The number of amides is 1. The van der Waals surface area contributed by atoms with Crippen LogP contribution in [0.1, 0.15) is 17.3 Å². The number of aromatic nitrogens is 1. The molecule has 1 amide bonds. The van der Waals surface area contributed by atoms with Crippen LogP contribution < -0.4 is 24.8 Å². The molecule has 7 nitrogen and oxygen atoms in total. The van der Waals surface area contributed by atoms with E-state index in [9.17, 15) is 4.79 Å². The number of ether oxygens (including phenoxy) is 3. The van der Waals surface area contributed by atoms with Crippen molar-refractivity contribution in [1.82, 2.24) is 4.98 Å². The summed E-state index contributed by atoms with van der Waals surface area (Å²) in [4.78, 5) is 16.9. The average Bonchev–Trinajstić information content (AvgIpc) is 2.75. The van der Waals surface area contributed by atoms with E-state index in [0.717, 1.165) is 11.4 Å². The summed E-state index contributed by atoms with van der Waals surface area (Å²) < 4.78 is 16.2. The van der Waals surface area contributed by atoms with Gasteiger partial charge in [-0.2, -0.15) is 0 Å². The maximum absolute atomic E-state index is 12.8. The van der Waals surface area contributed by atoms with Crippen LogP contribution in [0.15, 0.2) is 60.9 Å². The standard InChI is InChI=1S/C22H23N3O4/c1-4-29-21-8-6-5-7-18(21)24-16-11-15(13-23-14-16)22(26)25-19-12-17(27-2)9-10-20(19)28-3/h5-14,24H,4H2,1-3H3,(H,25,26). The van der Waals surface area contributed by atoms with Gasteiger partial charge in [0, 0.05) is 12.3 Å². The Hall–Kier alpha value is -3.74. The Morgan fingerprint density at radius 2 is 1.79 bits per heavy atom. The molecule has 1 heterocycles. The van der Waals surface area contributed by atoms with E-state index in [1.807, 2.05) is 31.2 Å². The van der Waals surface area contributed by atoms with Gasteiger partial charge in [0.2, 0.25) is 0 Å². The number of nitrogens with zero attached hydrogens (tertiary/aromatic N) is 1. The van der Waals surface area contributed by atoms with E-state index in [0.29, 0.717) is 35.0 Å². The Kier molecular flexibility index (Phi) is 6.52. The Balaban J connectivity index is 1.80. The minimum atomic E-state index is -0.314. The van der Waals surface area contributed by atoms with Crippen molar-refractivity contribution < 1.29 is 19.0 Å². The quantitative estimate of drug-likeness (QED) is 0.587. The maximum Gasteiger partial charge on any atom is 0.257 e. The second-order valence-electron chi connectivity index (χ2n) is 6.04. The third-order valence-electron chi connectivity index (χ3n) is 4.12. The molecule has 0 bridgehead atoms. The zero-order valence-corrected chi connectivity index (χ0v) is 16.6. The van der Waals surface area contributed by atoms with E-state index in [1.165, 1.54) is 6.20 Å². The lowest BCUT2D eigenvalue weighted by molar-refractivity contribution is 0.102. The second-order valence-corrected chi connectivity index (χ2v) is 6.04. The molecule has 0 aliphatic carbocycles. The van der Waals surface area contributed by atoms with E-state index < -0.39 is 0 Å². The monoisotopic (exact) mass is 393 g/mol. The number of para-hydroxylation sites is 2. The van der Waals surface area contributed by atoms with Crippen LogP contribution in [-0.2, 0) is 0 Å². The fourth-order valence-electron chi connectivity index (χ4n) is 2.75. The topological polar surface area (TPSA) is 81.7 Å². The van der Waals surface area contributed by atoms with Crippen LogP contribution >= 0.6 is 0 Å². The first-order valence-electron chi connectivity index (χ1n) is 9.12. The van der Waals surface area contributed by atoms with Gasteiger partial charge in [0.1, 0.15) is 17.2 Å². The van der Waals surface area contributed by atoms with Gasteiger partial charge in [-0.25, -0.2) is 0 Å². The van der Waals surface area contributed by atoms with Crippen molar-refractivity contribution in [3.05, 3.63) is 66.5 Å². The molecule has 0 atom stereocenters. The highest BCUT2D eigenvalue weighted by Gasteiger charge is 2.13. The highest BCUT2D eigenvalue weighted by atomic mass is 16.5. The Bertz CT molecular complexity index is 991. The smallest absolute Gasteiger partial charge is 0.257 e. The van der Waals surface area contributed by atoms with Crippen LogP contribution in [0, 0.1) is 0 Å². The number of benzene rings is 2. The molecule has 0 spiro atoms. The molecule has 29 heavy (non-hydrogen) atoms. The number of hydrogen-bond donors (Lipinski definition) is 2. The lowest BCUT2D eigenvalue weighted by Gasteiger charge is -2.13. The largest absolute Gasteiger partial charge is 0.497 e. The van der Waals surface area contributed by atoms with E-state index in [-0.39, 0.29) is 5.91 Å². The van der Waals surface area contributed by atoms with E-state index in [1.54, 1.807) is 44.7 Å². The molecule has 0 unspecified atom stereocenters. The molecular formula is C22H23N3O4. The fourth-order valence-corrected chi connectivity index (χ4v) is 2.75. The number of hydrogen-bond acceptors (Lipinski definition) is 6. The Labute approximate surface area is 169 Å². The van der Waals surface area contributed by atoms with Crippen LogP contribution in [0.3, 0.4) is 0 Å². The van der Waals surface area contributed by atoms with Gasteiger partial charge >= 0.3 is 0 Å². The summed E-state index contributed by atoms with van der Waals surface area (Å²) in [6, 6.07) is 14.5. The molecule has 0 aliphatic heterocycles. The molecule has 3 aromatic rings. The molecule has 0 radical (unpaired) electrons. The highest BCUT2D eigenvalue weighted by molar-refractivity contribution is 6.05. The third-order valence-corrected chi connectivity index (χ3v) is 4.12. The fraction of sp³-hybridized carbons (Fsp3) is 0.182. The zero-order chi connectivity index (χ0) is 20.6. The van der Waals surface area contributed by atoms with Gasteiger partial charge in [-0.3, -0.25) is 9.78 Å². The number of anilines is 3. The summed E-state index contributed by atoms with van der Waals surface area (Å²) in [6.45, 7) is 2.48. The molecule has 7 heteroatoms. The lowest BCUT2D eigenvalue weighted by atomic mass is 10.2. The molecule has 0 fully saturated rings. The van der Waals surface area contributed by atoms with Crippen molar-refractivity contribution in [1.29, 1.82) is 0 Å². The molecule has 0 saturated carbocycles. The summed E-state index contributed by atoms with van der Waals surface area (Å²) in [7, 11) is 3.10. The average molecular weight is 393 g/mol. The summed E-state index contributed by atoms with van der Waals surface area (Å²) in [5, 5.41) is 6.08. The summed E-state index contributed by atoms with van der Waals surface area (Å²) in [5.41, 5.74) is 2.37. The molecular weight excluding hydrogens is 370 g/mol. The highest BCUT2D eigenvalue weighted by Crippen LogP contribution is 2.30. The molecule has 0 saturated heterocycles. The minimum absolute atomic E-state index is 0.314. The van der Waals surface area contributed by atoms with Crippen molar-refractivity contribution >= 4 is 23.0 Å². The first-order valence-corrected chi connectivity index (χ1v) is 9.12. The predicted octanol–water partition coefficient (Wildman–Crippen LogP) is 4.49.